The summed E-state index contributed by atoms with van der Waals surface area (Å²) in [5.41, 5.74) is 0.912. The lowest BCUT2D eigenvalue weighted by Crippen LogP contribution is -2.36. The maximum atomic E-state index is 12.5. The minimum Gasteiger partial charge on any atom is -0.392 e. The van der Waals surface area contributed by atoms with E-state index in [1.165, 1.54) is 4.31 Å². The van der Waals surface area contributed by atoms with Crippen LogP contribution in [-0.4, -0.2) is 41.1 Å². The van der Waals surface area contributed by atoms with Crippen LogP contribution in [-0.2, 0) is 16.6 Å². The van der Waals surface area contributed by atoms with Crippen molar-refractivity contribution in [3.8, 4) is 0 Å². The highest BCUT2D eigenvalue weighted by Gasteiger charge is 2.30. The fraction of sp³-hybridized carbons (Fsp3) is 0.750. The molecule has 1 atom stereocenters. The van der Waals surface area contributed by atoms with Gasteiger partial charge in [0.05, 0.1) is 6.61 Å². The number of nitrogens with zero attached hydrogens (tertiary/aromatic N) is 2. The van der Waals surface area contributed by atoms with E-state index in [2.05, 4.69) is 24.0 Å². The van der Waals surface area contributed by atoms with Crippen LogP contribution < -0.4 is 0 Å². The lowest BCUT2D eigenvalue weighted by Gasteiger charge is -2.25. The second-order valence-electron chi connectivity index (χ2n) is 5.29. The molecule has 0 bridgehead atoms. The Morgan fingerprint density at radius 2 is 1.95 bits per heavy atom. The van der Waals surface area contributed by atoms with Gasteiger partial charge in [-0.1, -0.05) is 13.8 Å². The molecule has 1 heterocycles. The predicted octanol–water partition coefficient (Wildman–Crippen LogP) is 1.27. The van der Waals surface area contributed by atoms with Gasteiger partial charge in [0.15, 0.2) is 5.03 Å². The van der Waals surface area contributed by atoms with Crippen molar-refractivity contribution < 1.29 is 13.5 Å². The number of hydrogen-bond donors (Lipinski definition) is 2. The van der Waals surface area contributed by atoms with Crippen molar-refractivity contribution >= 4 is 10.0 Å². The van der Waals surface area contributed by atoms with Gasteiger partial charge in [0.25, 0.3) is 10.0 Å². The zero-order valence-corrected chi connectivity index (χ0v) is 13.0. The smallest absolute Gasteiger partial charge is 0.262 e. The third kappa shape index (κ3) is 3.34. The summed E-state index contributed by atoms with van der Waals surface area (Å²) in [5, 5.41) is 15.6. The monoisotopic (exact) mass is 289 g/mol. The van der Waals surface area contributed by atoms with Crippen molar-refractivity contribution in [2.75, 3.05) is 7.05 Å². The van der Waals surface area contributed by atoms with Gasteiger partial charge in [-0.25, -0.2) is 8.42 Å². The first-order valence-corrected chi connectivity index (χ1v) is 7.78. The van der Waals surface area contributed by atoms with Gasteiger partial charge in [-0.2, -0.15) is 9.40 Å². The first-order chi connectivity index (χ1) is 8.71. The Kier molecular flexibility index (Phi) is 5.11. The standard InChI is InChI=1S/C12H23N3O3S/c1-8(2)6-9(3)15(5)19(17,18)12-11(7-16)10(4)13-14-12/h8-9,16H,6-7H2,1-5H3,(H,13,14). The molecule has 19 heavy (non-hydrogen) atoms. The molecule has 7 heteroatoms. The van der Waals surface area contributed by atoms with Crippen LogP contribution in [0, 0.1) is 12.8 Å². The number of aryl methyl sites for hydroxylation is 1. The molecule has 0 fully saturated rings. The molecule has 1 aromatic rings. The highest BCUT2D eigenvalue weighted by molar-refractivity contribution is 7.89. The number of sulfonamides is 1. The van der Waals surface area contributed by atoms with Gasteiger partial charge in [0.1, 0.15) is 0 Å². The molecule has 2 N–H and O–H groups in total. The van der Waals surface area contributed by atoms with E-state index in [-0.39, 0.29) is 17.7 Å². The molecule has 0 aliphatic carbocycles. The van der Waals surface area contributed by atoms with Crippen LogP contribution in [0.15, 0.2) is 5.03 Å². The van der Waals surface area contributed by atoms with Crippen LogP contribution in [0.3, 0.4) is 0 Å². The number of aromatic nitrogens is 2. The van der Waals surface area contributed by atoms with Gasteiger partial charge < -0.3 is 5.11 Å². The maximum absolute atomic E-state index is 12.5. The number of aromatic amines is 1. The van der Waals surface area contributed by atoms with E-state index in [1.807, 2.05) is 6.92 Å². The average molecular weight is 289 g/mol. The van der Waals surface area contributed by atoms with Gasteiger partial charge in [0.2, 0.25) is 0 Å². The second-order valence-corrected chi connectivity index (χ2v) is 7.20. The van der Waals surface area contributed by atoms with E-state index in [1.54, 1.807) is 14.0 Å². The van der Waals surface area contributed by atoms with E-state index >= 15 is 0 Å². The van der Waals surface area contributed by atoms with E-state index in [0.717, 1.165) is 6.42 Å². The Morgan fingerprint density at radius 1 is 1.37 bits per heavy atom. The number of rotatable bonds is 6. The van der Waals surface area contributed by atoms with Crippen molar-refractivity contribution in [3.05, 3.63) is 11.3 Å². The third-order valence-corrected chi connectivity index (χ3v) is 5.20. The zero-order chi connectivity index (χ0) is 14.8. The largest absolute Gasteiger partial charge is 0.392 e. The van der Waals surface area contributed by atoms with Crippen molar-refractivity contribution in [1.29, 1.82) is 0 Å². The van der Waals surface area contributed by atoms with Crippen LogP contribution in [0.2, 0.25) is 0 Å². The Bertz CT molecular complexity index is 522. The molecule has 0 saturated heterocycles. The Morgan fingerprint density at radius 3 is 2.42 bits per heavy atom. The van der Waals surface area contributed by atoms with E-state index in [0.29, 0.717) is 17.2 Å². The van der Waals surface area contributed by atoms with Gasteiger partial charge in [0, 0.05) is 24.3 Å². The van der Waals surface area contributed by atoms with Crippen molar-refractivity contribution in [2.24, 2.45) is 5.92 Å². The van der Waals surface area contributed by atoms with Gasteiger partial charge in [-0.3, -0.25) is 5.10 Å². The molecule has 1 unspecified atom stereocenters. The normalized spacial score (nSPS) is 14.3. The van der Waals surface area contributed by atoms with E-state index < -0.39 is 10.0 Å². The quantitative estimate of drug-likeness (QED) is 0.825. The van der Waals surface area contributed by atoms with Crippen LogP contribution in [0.5, 0.6) is 0 Å². The fourth-order valence-electron chi connectivity index (χ4n) is 2.03. The number of aliphatic hydroxyl groups excluding tert-OH is 1. The molecule has 0 radical (unpaired) electrons. The lowest BCUT2D eigenvalue weighted by atomic mass is 10.1. The van der Waals surface area contributed by atoms with Gasteiger partial charge in [-0.15, -0.1) is 0 Å². The minimum absolute atomic E-state index is 0.0781. The van der Waals surface area contributed by atoms with Crippen LogP contribution >= 0.6 is 0 Å². The molecular formula is C12H23N3O3S. The Balaban J connectivity index is 3.09. The minimum atomic E-state index is -3.67. The average Bonchev–Trinajstić information content (AvgIpc) is 2.68. The second kappa shape index (κ2) is 6.02. The van der Waals surface area contributed by atoms with Crippen molar-refractivity contribution in [2.45, 2.75) is 51.8 Å². The topological polar surface area (TPSA) is 86.3 Å². The summed E-state index contributed by atoms with van der Waals surface area (Å²) in [6.45, 7) is 7.32. The number of aliphatic hydroxyl groups is 1. The molecule has 0 aliphatic rings. The summed E-state index contributed by atoms with van der Waals surface area (Å²) in [6, 6.07) is -0.117. The van der Waals surface area contributed by atoms with Crippen LogP contribution in [0.4, 0.5) is 0 Å². The van der Waals surface area contributed by atoms with Gasteiger partial charge in [-0.05, 0) is 26.2 Å². The summed E-state index contributed by atoms with van der Waals surface area (Å²) in [7, 11) is -2.13. The molecular weight excluding hydrogens is 266 g/mol. The Hall–Kier alpha value is -0.920. The zero-order valence-electron chi connectivity index (χ0n) is 12.1. The molecule has 1 rings (SSSR count). The summed E-state index contributed by atoms with van der Waals surface area (Å²) < 4.78 is 26.3. The molecule has 0 saturated carbocycles. The fourth-order valence-corrected chi connectivity index (χ4v) is 3.56. The SMILES string of the molecule is Cc1[nH]nc(S(=O)(=O)N(C)C(C)CC(C)C)c1CO. The number of hydrogen-bond acceptors (Lipinski definition) is 4. The Labute approximate surface area is 114 Å². The lowest BCUT2D eigenvalue weighted by molar-refractivity contribution is 0.276. The highest BCUT2D eigenvalue weighted by atomic mass is 32.2. The number of H-pyrrole nitrogens is 1. The first kappa shape index (κ1) is 16.1. The van der Waals surface area contributed by atoms with Gasteiger partial charge >= 0.3 is 0 Å². The van der Waals surface area contributed by atoms with E-state index in [4.69, 9.17) is 0 Å². The molecule has 0 aliphatic heterocycles. The molecule has 110 valence electrons. The summed E-state index contributed by atoms with van der Waals surface area (Å²) >= 11 is 0. The first-order valence-electron chi connectivity index (χ1n) is 6.34. The highest BCUT2D eigenvalue weighted by Crippen LogP contribution is 2.22. The van der Waals surface area contributed by atoms with Crippen LogP contribution in [0.25, 0.3) is 0 Å². The third-order valence-electron chi connectivity index (χ3n) is 3.25. The number of nitrogens with one attached hydrogen (secondary N) is 1. The van der Waals surface area contributed by atoms with Crippen LogP contribution in [0.1, 0.15) is 38.4 Å². The molecule has 1 aromatic heterocycles. The predicted molar refractivity (Wildman–Crippen MR) is 73.1 cm³/mol. The van der Waals surface area contributed by atoms with E-state index in [9.17, 15) is 13.5 Å². The maximum Gasteiger partial charge on any atom is 0.262 e. The molecule has 0 spiro atoms. The molecule has 0 amide bonds. The molecule has 6 nitrogen and oxygen atoms in total. The summed E-state index contributed by atoms with van der Waals surface area (Å²) in [4.78, 5) is 0. The van der Waals surface area contributed by atoms with Crippen molar-refractivity contribution in [3.63, 3.8) is 0 Å². The summed E-state index contributed by atoms with van der Waals surface area (Å²) in [5.74, 6) is 0.408. The van der Waals surface area contributed by atoms with Crippen molar-refractivity contribution in [1.82, 2.24) is 14.5 Å². The summed E-state index contributed by atoms with van der Waals surface area (Å²) in [6.07, 6.45) is 0.771. The molecule has 0 aromatic carbocycles.